The molecule has 8 rings (SSSR count). The molecule has 4 nitrogen and oxygen atoms in total. The summed E-state index contributed by atoms with van der Waals surface area (Å²) in [7, 11) is 0. The normalized spacial score (nSPS) is 11.6. The fraction of sp³-hybridized carbons (Fsp3) is 0. The van der Waals surface area contributed by atoms with Gasteiger partial charge in [0.2, 0.25) is 0 Å². The third kappa shape index (κ3) is 4.55. The molecule has 0 fully saturated rings. The second kappa shape index (κ2) is 10.5. The van der Waals surface area contributed by atoms with Crippen molar-refractivity contribution in [1.29, 1.82) is 0 Å². The lowest BCUT2D eigenvalue weighted by Crippen LogP contribution is -2.01. The van der Waals surface area contributed by atoms with Gasteiger partial charge in [0.25, 0.3) is 0 Å². The van der Waals surface area contributed by atoms with Gasteiger partial charge in [0, 0.05) is 33.2 Å². The van der Waals surface area contributed by atoms with Crippen molar-refractivity contribution in [2.45, 2.75) is 0 Å². The molecule has 8 aromatic rings. The first kappa shape index (κ1) is 23.8. The molecule has 0 aliphatic heterocycles. The van der Waals surface area contributed by atoms with Crippen molar-refractivity contribution in [3.63, 3.8) is 0 Å². The lowest BCUT2D eigenvalue weighted by molar-refractivity contribution is 1.07. The molecule has 202 valence electrons. The first-order valence-electron chi connectivity index (χ1n) is 14.8. The van der Waals surface area contributed by atoms with Crippen LogP contribution >= 0.6 is 0 Å². The summed E-state index contributed by atoms with van der Waals surface area (Å²) in [5, 5.41) is 2.17. The zero-order chi connectivity index (χ0) is 29.5. The monoisotopic (exact) mass is 551 g/mol. The number of fused-ring (bicyclic) bond motifs is 3. The van der Waals surface area contributed by atoms with Gasteiger partial charge in [-0.3, -0.25) is 0 Å². The van der Waals surface area contributed by atoms with E-state index in [4.69, 9.17) is 16.3 Å². The number of aromatic nitrogens is 4. The fourth-order valence-corrected chi connectivity index (χ4v) is 5.74. The molecule has 0 amide bonds. The van der Waals surface area contributed by atoms with Crippen molar-refractivity contribution < 1.29 is 1.37 Å². The second-order valence-electron chi connectivity index (χ2n) is 10.5. The van der Waals surface area contributed by atoms with Crippen LogP contribution in [0.15, 0.2) is 158 Å². The van der Waals surface area contributed by atoms with E-state index in [-0.39, 0.29) is 0 Å². The first-order chi connectivity index (χ1) is 21.7. The summed E-state index contributed by atoms with van der Waals surface area (Å²) in [6, 6.07) is 51.7. The molecule has 0 unspecified atom stereocenters. The van der Waals surface area contributed by atoms with Crippen molar-refractivity contribution in [1.82, 2.24) is 19.5 Å². The highest BCUT2D eigenvalue weighted by atomic mass is 15.0. The molecule has 0 aliphatic carbocycles. The summed E-state index contributed by atoms with van der Waals surface area (Å²) in [5.41, 5.74) is 8.03. The lowest BCUT2D eigenvalue weighted by atomic mass is 10.0. The van der Waals surface area contributed by atoms with E-state index in [1.807, 2.05) is 84.9 Å². The number of hydrogen-bond acceptors (Lipinski definition) is 3. The molecule has 0 saturated carbocycles. The fourth-order valence-electron chi connectivity index (χ4n) is 5.74. The van der Waals surface area contributed by atoms with E-state index in [0.717, 1.165) is 55.3 Å². The molecule has 6 aromatic carbocycles. The lowest BCUT2D eigenvalue weighted by Gasteiger charge is -2.14. The van der Waals surface area contributed by atoms with Crippen molar-refractivity contribution >= 4 is 21.8 Å². The highest BCUT2D eigenvalue weighted by molar-refractivity contribution is 6.09. The summed E-state index contributed by atoms with van der Waals surface area (Å²) in [5.74, 6) is 1.85. The maximum atomic E-state index is 8.31. The van der Waals surface area contributed by atoms with E-state index >= 15 is 0 Å². The Morgan fingerprint density at radius 2 is 0.860 bits per heavy atom. The van der Waals surface area contributed by atoms with Crippen molar-refractivity contribution in [2.75, 3.05) is 0 Å². The molecule has 0 N–H and O–H groups in total. The van der Waals surface area contributed by atoms with Gasteiger partial charge in [0.05, 0.1) is 12.4 Å². The minimum atomic E-state index is 0.492. The smallest absolute Gasteiger partial charge is 0.164 e. The van der Waals surface area contributed by atoms with Crippen molar-refractivity contribution in [2.24, 2.45) is 0 Å². The van der Waals surface area contributed by atoms with Crippen LogP contribution in [0.2, 0.25) is 0 Å². The first-order valence-corrected chi connectivity index (χ1v) is 14.3. The van der Waals surface area contributed by atoms with Crippen molar-refractivity contribution in [3.8, 4) is 51.0 Å². The predicted molar refractivity (Wildman–Crippen MR) is 176 cm³/mol. The average Bonchev–Trinajstić information content (AvgIpc) is 3.42. The van der Waals surface area contributed by atoms with Crippen LogP contribution in [-0.4, -0.2) is 19.5 Å². The Kier molecular flexibility index (Phi) is 5.82. The van der Waals surface area contributed by atoms with E-state index < -0.39 is 0 Å². The Hall–Kier alpha value is -5.87. The highest BCUT2D eigenvalue weighted by Gasteiger charge is 2.17. The van der Waals surface area contributed by atoms with Crippen LogP contribution in [0.25, 0.3) is 72.8 Å². The zero-order valence-corrected chi connectivity index (χ0v) is 23.2. The topological polar surface area (TPSA) is 43.6 Å². The third-order valence-corrected chi connectivity index (χ3v) is 7.76. The summed E-state index contributed by atoms with van der Waals surface area (Å²) in [6.45, 7) is 0. The Labute approximate surface area is 251 Å². The van der Waals surface area contributed by atoms with Crippen LogP contribution in [0, 0.1) is 0 Å². The molecule has 0 radical (unpaired) electrons. The van der Waals surface area contributed by atoms with E-state index in [9.17, 15) is 0 Å². The third-order valence-electron chi connectivity index (χ3n) is 7.76. The van der Waals surface area contributed by atoms with Gasteiger partial charge in [-0.05, 0) is 41.5 Å². The molecule has 4 heteroatoms. The molecular weight excluding hydrogens is 524 g/mol. The van der Waals surface area contributed by atoms with Gasteiger partial charge in [-0.1, -0.05) is 127 Å². The Morgan fingerprint density at radius 1 is 0.395 bits per heavy atom. The molecule has 43 heavy (non-hydrogen) atoms. The van der Waals surface area contributed by atoms with Gasteiger partial charge in [0.15, 0.2) is 17.5 Å². The number of hydrogen-bond donors (Lipinski definition) is 0. The predicted octanol–water partition coefficient (Wildman–Crippen LogP) is 9.64. The van der Waals surface area contributed by atoms with E-state index in [2.05, 4.69) is 71.3 Å². The van der Waals surface area contributed by atoms with Crippen LogP contribution in [-0.2, 0) is 0 Å². The van der Waals surface area contributed by atoms with E-state index in [1.165, 1.54) is 0 Å². The Morgan fingerprint density at radius 3 is 1.49 bits per heavy atom. The summed E-state index contributed by atoms with van der Waals surface area (Å²) in [4.78, 5) is 15.0. The van der Waals surface area contributed by atoms with Crippen LogP contribution in [0.4, 0.5) is 0 Å². The van der Waals surface area contributed by atoms with Crippen LogP contribution in [0.3, 0.4) is 0 Å². The quantitative estimate of drug-likeness (QED) is 0.214. The Bertz CT molecular complexity index is 2220. The van der Waals surface area contributed by atoms with Gasteiger partial charge in [-0.2, -0.15) is 0 Å². The molecule has 0 aliphatic rings. The average molecular weight is 552 g/mol. The molecule has 0 spiro atoms. The second-order valence-corrected chi connectivity index (χ2v) is 10.5. The van der Waals surface area contributed by atoms with Gasteiger partial charge in [-0.25, -0.2) is 15.0 Å². The van der Waals surface area contributed by atoms with Crippen LogP contribution in [0.1, 0.15) is 1.37 Å². The zero-order valence-electron chi connectivity index (χ0n) is 24.2. The van der Waals surface area contributed by atoms with Crippen LogP contribution in [0.5, 0.6) is 0 Å². The van der Waals surface area contributed by atoms with Gasteiger partial charge in [-0.15, -0.1) is 0 Å². The standard InChI is InChI=1S/C39H26N4/c1-4-14-27(15-5-1)30-24-31(26-32(25-30)43-35-22-12-10-20-33(35)34-21-11-13-23-36(34)43)39-41-37(28-16-6-2-7-17-28)40-38(42-39)29-18-8-3-9-19-29/h1-26H/i10D. The maximum absolute atomic E-state index is 8.31. The number of nitrogens with zero attached hydrogens (tertiary/aromatic N) is 4. The Balaban J connectivity index is 1.42. The number of rotatable bonds is 5. The van der Waals surface area contributed by atoms with Gasteiger partial charge < -0.3 is 4.57 Å². The molecule has 0 bridgehead atoms. The molecule has 0 saturated heterocycles. The van der Waals surface area contributed by atoms with E-state index in [1.54, 1.807) is 0 Å². The summed E-state index contributed by atoms with van der Waals surface area (Å²) in [6.07, 6.45) is 0. The largest absolute Gasteiger partial charge is 0.309 e. The van der Waals surface area contributed by atoms with Gasteiger partial charge in [0.1, 0.15) is 0 Å². The summed E-state index contributed by atoms with van der Waals surface area (Å²) < 4.78 is 10.6. The maximum Gasteiger partial charge on any atom is 0.164 e. The summed E-state index contributed by atoms with van der Waals surface area (Å²) >= 11 is 0. The molecular formula is C39H26N4. The minimum Gasteiger partial charge on any atom is -0.309 e. The minimum absolute atomic E-state index is 0.492. The van der Waals surface area contributed by atoms with Crippen LogP contribution < -0.4 is 0 Å². The molecule has 2 aromatic heterocycles. The molecule has 2 heterocycles. The van der Waals surface area contributed by atoms with Gasteiger partial charge >= 0.3 is 0 Å². The number of benzene rings is 6. The van der Waals surface area contributed by atoms with E-state index in [0.29, 0.717) is 23.5 Å². The number of para-hydroxylation sites is 2. The van der Waals surface area contributed by atoms with Crippen molar-refractivity contribution in [3.05, 3.63) is 158 Å². The molecule has 0 atom stereocenters. The SMILES string of the molecule is [2H]c1ccc2c(c1)c1ccccc1n2-c1cc(-c2ccccc2)cc(-c2nc(-c3ccccc3)nc(-c3ccccc3)n2)c1. The highest BCUT2D eigenvalue weighted by Crippen LogP contribution is 2.36.